The van der Waals surface area contributed by atoms with E-state index in [1.165, 1.54) is 88.7 Å². The highest BCUT2D eigenvalue weighted by Gasteiger charge is 2.61. The number of aromatic nitrogens is 4. The van der Waals surface area contributed by atoms with Crippen molar-refractivity contribution >= 4 is 0 Å². The second-order valence-electron chi connectivity index (χ2n) is 16.1. The van der Waals surface area contributed by atoms with Crippen LogP contribution in [-0.2, 0) is 10.8 Å². The minimum atomic E-state index is -0.309. The normalized spacial score (nSPS) is 25.7. The average Bonchev–Trinajstić information content (AvgIpc) is 3.55. The van der Waals surface area contributed by atoms with Gasteiger partial charge in [0, 0.05) is 39.9 Å². The molecule has 0 N–H and O–H groups in total. The Morgan fingerprint density at radius 1 is 0.540 bits per heavy atom. The van der Waals surface area contributed by atoms with Crippen molar-refractivity contribution in [1.29, 1.82) is 0 Å². The number of fused-ring (bicyclic) bond motifs is 6. The summed E-state index contributed by atoms with van der Waals surface area (Å²) < 4.78 is 14.6. The summed E-state index contributed by atoms with van der Waals surface area (Å²) in [5.74, 6) is 4.37. The summed E-state index contributed by atoms with van der Waals surface area (Å²) in [6.45, 7) is 4.58. The lowest BCUT2D eigenvalue weighted by Gasteiger charge is -2.61. The Hall–Kier alpha value is -5.03. The highest BCUT2D eigenvalue weighted by atomic mass is 19.1. The topological polar surface area (TPSA) is 51.6 Å². The van der Waals surface area contributed by atoms with E-state index in [1.54, 1.807) is 6.07 Å². The van der Waals surface area contributed by atoms with Crippen molar-refractivity contribution in [3.05, 3.63) is 131 Å². The Bertz CT molecular complexity index is 2380. The molecule has 0 atom stereocenters. The second kappa shape index (κ2) is 10.0. The molecular formula is C45H37FN4. The first-order chi connectivity index (χ1) is 24.4. The van der Waals surface area contributed by atoms with Gasteiger partial charge in [-0.3, -0.25) is 4.98 Å². The number of hydrogen-bond acceptors (Lipinski definition) is 4. The summed E-state index contributed by atoms with van der Waals surface area (Å²) >= 11 is 0. The summed E-state index contributed by atoms with van der Waals surface area (Å²) in [5.41, 5.74) is 13.0. The minimum absolute atomic E-state index is 0.00974. The van der Waals surface area contributed by atoms with Crippen molar-refractivity contribution in [2.24, 2.45) is 23.7 Å². The summed E-state index contributed by atoms with van der Waals surface area (Å²) in [5, 5.41) is 0. The summed E-state index contributed by atoms with van der Waals surface area (Å²) in [7, 11) is 0. The smallest absolute Gasteiger partial charge is 0.164 e. The zero-order chi connectivity index (χ0) is 33.4. The lowest BCUT2D eigenvalue weighted by Crippen LogP contribution is -2.55. The molecule has 12 rings (SSSR count). The molecule has 6 aliphatic rings. The van der Waals surface area contributed by atoms with Crippen molar-refractivity contribution in [2.75, 3.05) is 0 Å². The van der Waals surface area contributed by atoms with Crippen LogP contribution in [0.5, 0.6) is 0 Å². The molecule has 2 aromatic heterocycles. The number of rotatable bonds is 3. The van der Waals surface area contributed by atoms with E-state index in [9.17, 15) is 4.39 Å². The maximum Gasteiger partial charge on any atom is 0.164 e. The maximum absolute atomic E-state index is 14.6. The SMILES string of the molecule is CC1(C)c2ccccc2-c2ccc(-c3nc(-c4cccc(F)c4)nc(-c4ccc5c(c4)C4(c6cnccc6-5)C5CC6CC(C5)CC4C6)n3)cc21. The summed E-state index contributed by atoms with van der Waals surface area (Å²) in [6, 6.07) is 30.9. The van der Waals surface area contributed by atoms with Crippen LogP contribution in [-0.4, -0.2) is 19.9 Å². The third kappa shape index (κ3) is 3.81. The number of benzene rings is 4. The first-order valence-electron chi connectivity index (χ1n) is 18.2. The van der Waals surface area contributed by atoms with E-state index in [0.717, 1.165) is 23.0 Å². The number of pyridine rings is 1. The fourth-order valence-electron chi connectivity index (χ4n) is 11.4. The average molecular weight is 653 g/mol. The molecule has 1 spiro atoms. The van der Waals surface area contributed by atoms with Crippen LogP contribution in [0.15, 0.2) is 103 Å². The van der Waals surface area contributed by atoms with Crippen molar-refractivity contribution in [2.45, 2.75) is 56.8 Å². The molecule has 0 unspecified atom stereocenters. The molecule has 4 fully saturated rings. The van der Waals surface area contributed by atoms with Crippen LogP contribution >= 0.6 is 0 Å². The van der Waals surface area contributed by atoms with Gasteiger partial charge in [0.15, 0.2) is 17.5 Å². The fraction of sp³-hybridized carbons (Fsp3) is 0.289. The quantitative estimate of drug-likeness (QED) is 0.191. The van der Waals surface area contributed by atoms with Gasteiger partial charge in [-0.1, -0.05) is 74.5 Å². The first-order valence-corrected chi connectivity index (χ1v) is 18.2. The van der Waals surface area contributed by atoms with Gasteiger partial charge in [0.1, 0.15) is 5.82 Å². The fourth-order valence-corrected chi connectivity index (χ4v) is 11.4. The molecule has 0 aliphatic heterocycles. The van der Waals surface area contributed by atoms with Crippen LogP contribution in [0, 0.1) is 29.5 Å². The van der Waals surface area contributed by atoms with E-state index in [4.69, 9.17) is 19.9 Å². The Morgan fingerprint density at radius 3 is 1.80 bits per heavy atom. The zero-order valence-electron chi connectivity index (χ0n) is 28.3. The maximum atomic E-state index is 14.6. The summed E-state index contributed by atoms with van der Waals surface area (Å²) in [4.78, 5) is 20.0. The van der Waals surface area contributed by atoms with Gasteiger partial charge in [-0.2, -0.15) is 0 Å². The molecule has 0 amide bonds. The molecule has 4 nitrogen and oxygen atoms in total. The third-order valence-electron chi connectivity index (χ3n) is 13.3. The highest BCUT2D eigenvalue weighted by Crippen LogP contribution is 2.69. The van der Waals surface area contributed by atoms with Crippen LogP contribution in [0.25, 0.3) is 56.4 Å². The zero-order valence-corrected chi connectivity index (χ0v) is 28.3. The predicted molar refractivity (Wildman–Crippen MR) is 195 cm³/mol. The van der Waals surface area contributed by atoms with E-state index in [0.29, 0.717) is 34.9 Å². The van der Waals surface area contributed by atoms with E-state index in [2.05, 4.69) is 86.8 Å². The summed E-state index contributed by atoms with van der Waals surface area (Å²) in [6.07, 6.45) is 10.8. The molecule has 5 heteroatoms. The van der Waals surface area contributed by atoms with Gasteiger partial charge in [0.05, 0.1) is 0 Å². The number of halogens is 1. The van der Waals surface area contributed by atoms with Gasteiger partial charge in [-0.25, -0.2) is 19.3 Å². The van der Waals surface area contributed by atoms with E-state index in [1.807, 2.05) is 12.3 Å². The standard InChI is InChI=1S/C45H37FN4/c1-44(2)37-9-4-3-8-33(37)34-12-10-28(22-38(34)44)42-48-41(27-6-5-7-32(46)21-27)49-43(50-42)29-11-13-35-36-14-15-47-24-40(36)45(39(35)23-29)30-17-25-16-26(19-30)20-31(45)18-25/h3-15,21-26,30-31H,16-20H2,1-2H3. The molecule has 4 bridgehead atoms. The Labute approximate surface area is 291 Å². The Morgan fingerprint density at radius 2 is 1.12 bits per heavy atom. The molecule has 2 heterocycles. The largest absolute Gasteiger partial charge is 0.264 e. The van der Waals surface area contributed by atoms with Gasteiger partial charge in [0.25, 0.3) is 0 Å². The van der Waals surface area contributed by atoms with Crippen molar-refractivity contribution in [3.8, 4) is 56.4 Å². The van der Waals surface area contributed by atoms with Crippen LogP contribution in [0.4, 0.5) is 4.39 Å². The van der Waals surface area contributed by atoms with Crippen molar-refractivity contribution < 1.29 is 4.39 Å². The van der Waals surface area contributed by atoms with Gasteiger partial charge in [0.2, 0.25) is 0 Å². The molecule has 4 saturated carbocycles. The van der Waals surface area contributed by atoms with Crippen LogP contribution in [0.2, 0.25) is 0 Å². The van der Waals surface area contributed by atoms with Gasteiger partial charge < -0.3 is 0 Å². The van der Waals surface area contributed by atoms with E-state index in [-0.39, 0.29) is 16.6 Å². The monoisotopic (exact) mass is 652 g/mol. The molecular weight excluding hydrogens is 616 g/mol. The Kier molecular flexibility index (Phi) is 5.77. The highest BCUT2D eigenvalue weighted by molar-refractivity contribution is 5.85. The van der Waals surface area contributed by atoms with E-state index < -0.39 is 0 Å². The van der Waals surface area contributed by atoms with Gasteiger partial charge in [-0.15, -0.1) is 0 Å². The molecule has 6 aromatic rings. The third-order valence-corrected chi connectivity index (χ3v) is 13.3. The second-order valence-corrected chi connectivity index (χ2v) is 16.1. The van der Waals surface area contributed by atoms with Gasteiger partial charge in [-0.05, 0) is 131 Å². The molecule has 4 aromatic carbocycles. The number of nitrogens with zero attached hydrogens (tertiary/aromatic N) is 4. The lowest BCUT2D eigenvalue weighted by atomic mass is 9.43. The van der Waals surface area contributed by atoms with Crippen molar-refractivity contribution in [3.63, 3.8) is 0 Å². The molecule has 50 heavy (non-hydrogen) atoms. The van der Waals surface area contributed by atoms with Crippen LogP contribution in [0.3, 0.4) is 0 Å². The first kappa shape index (κ1) is 28.8. The lowest BCUT2D eigenvalue weighted by molar-refractivity contribution is -0.0400. The van der Waals surface area contributed by atoms with E-state index >= 15 is 0 Å². The minimum Gasteiger partial charge on any atom is -0.264 e. The predicted octanol–water partition coefficient (Wildman–Crippen LogP) is 10.4. The molecule has 244 valence electrons. The van der Waals surface area contributed by atoms with Crippen LogP contribution in [0.1, 0.15) is 68.2 Å². The molecule has 0 radical (unpaired) electrons. The number of hydrogen-bond donors (Lipinski definition) is 0. The van der Waals surface area contributed by atoms with Crippen LogP contribution < -0.4 is 0 Å². The Balaban J connectivity index is 1.10. The van der Waals surface area contributed by atoms with Crippen molar-refractivity contribution in [1.82, 2.24) is 19.9 Å². The molecule has 6 aliphatic carbocycles. The molecule has 0 saturated heterocycles. The van der Waals surface area contributed by atoms with Gasteiger partial charge >= 0.3 is 0 Å².